The minimum Gasteiger partial charge on any atom is -0.384 e. The summed E-state index contributed by atoms with van der Waals surface area (Å²) in [7, 11) is 0. The summed E-state index contributed by atoms with van der Waals surface area (Å²) in [6.45, 7) is 3.50. The number of carbonyl (C=O) groups is 1. The van der Waals surface area contributed by atoms with Gasteiger partial charge in [-0.2, -0.15) is 0 Å². The standard InChI is InChI=1S/C30H33F3N6O2/c31-21-1-4-26-27(16-21)39(23-2-3-24(32)25(33)17-23)30(41)38(26)22-8-13-37(14-9-22)29(40)20-6-11-36(12-7-20)18-19-5-10-35-28(34)15-19/h2-3,5,10,15-17,20,22H,1,4,6-9,11-14,18H2,(H2,34,35). The van der Waals surface area contributed by atoms with Crippen molar-refractivity contribution in [1.82, 2.24) is 23.9 Å². The monoisotopic (exact) mass is 566 g/mol. The Morgan fingerprint density at radius 1 is 0.951 bits per heavy atom. The third kappa shape index (κ3) is 5.42. The number of halogens is 3. The van der Waals surface area contributed by atoms with Crippen molar-refractivity contribution < 1.29 is 18.0 Å². The zero-order chi connectivity index (χ0) is 28.7. The molecule has 2 N–H and O–H groups in total. The number of piperidine rings is 2. The molecule has 2 aromatic heterocycles. The van der Waals surface area contributed by atoms with E-state index < -0.39 is 17.3 Å². The van der Waals surface area contributed by atoms with E-state index in [0.29, 0.717) is 49.6 Å². The quantitative estimate of drug-likeness (QED) is 0.500. The van der Waals surface area contributed by atoms with Crippen LogP contribution >= 0.6 is 0 Å². The van der Waals surface area contributed by atoms with Crippen molar-refractivity contribution in [2.24, 2.45) is 5.92 Å². The number of fused-ring (bicyclic) bond motifs is 1. The van der Waals surface area contributed by atoms with E-state index in [0.717, 1.165) is 50.2 Å². The molecule has 3 aliphatic rings. The van der Waals surface area contributed by atoms with E-state index in [1.54, 1.807) is 10.8 Å². The van der Waals surface area contributed by atoms with E-state index in [9.17, 15) is 22.8 Å². The highest BCUT2D eigenvalue weighted by molar-refractivity contribution is 5.79. The van der Waals surface area contributed by atoms with Crippen LogP contribution < -0.4 is 11.4 Å². The molecule has 2 aliphatic heterocycles. The summed E-state index contributed by atoms with van der Waals surface area (Å²) in [6, 6.07) is 6.91. The van der Waals surface area contributed by atoms with Gasteiger partial charge >= 0.3 is 5.69 Å². The maximum Gasteiger partial charge on any atom is 0.333 e. The van der Waals surface area contributed by atoms with Gasteiger partial charge < -0.3 is 10.6 Å². The van der Waals surface area contributed by atoms with Crippen molar-refractivity contribution in [2.45, 2.75) is 51.1 Å². The number of anilines is 1. The van der Waals surface area contributed by atoms with Crippen molar-refractivity contribution in [3.63, 3.8) is 0 Å². The SMILES string of the molecule is Nc1cc(CN2CCC(C(=O)N3CCC(n4c5c(n(-c6ccc(F)c(F)c6)c4=O)C=C(F)CC5)CC3)CC2)ccn1. The third-order valence-electron chi connectivity index (χ3n) is 8.61. The maximum absolute atomic E-state index is 14.3. The number of likely N-dealkylation sites (tertiary alicyclic amines) is 2. The predicted molar refractivity (Wildman–Crippen MR) is 149 cm³/mol. The maximum atomic E-state index is 14.3. The Morgan fingerprint density at radius 3 is 2.41 bits per heavy atom. The number of benzene rings is 1. The minimum atomic E-state index is -1.07. The fourth-order valence-corrected chi connectivity index (χ4v) is 6.48. The third-order valence-corrected chi connectivity index (χ3v) is 8.61. The molecule has 2 fully saturated rings. The molecular weight excluding hydrogens is 533 g/mol. The molecule has 0 unspecified atom stereocenters. The second-order valence-corrected chi connectivity index (χ2v) is 11.2. The number of allylic oxidation sites excluding steroid dienone is 1. The molecular formula is C30H33F3N6O2. The molecule has 4 heterocycles. The van der Waals surface area contributed by atoms with Gasteiger partial charge in [-0.15, -0.1) is 0 Å². The van der Waals surface area contributed by atoms with E-state index in [1.807, 2.05) is 17.0 Å². The fourth-order valence-electron chi connectivity index (χ4n) is 6.48. The Labute approximate surface area is 235 Å². The van der Waals surface area contributed by atoms with Gasteiger partial charge in [0.1, 0.15) is 11.6 Å². The molecule has 0 bridgehead atoms. The van der Waals surface area contributed by atoms with E-state index in [2.05, 4.69) is 9.88 Å². The first-order valence-corrected chi connectivity index (χ1v) is 14.2. The van der Waals surface area contributed by atoms with Gasteiger partial charge in [0.15, 0.2) is 11.6 Å². The Bertz CT molecular complexity index is 1550. The lowest BCUT2D eigenvalue weighted by atomic mass is 9.93. The molecule has 1 aliphatic carbocycles. The molecule has 41 heavy (non-hydrogen) atoms. The van der Waals surface area contributed by atoms with Crippen LogP contribution in [0.4, 0.5) is 19.0 Å². The number of imidazole rings is 1. The first-order chi connectivity index (χ1) is 19.8. The van der Waals surface area contributed by atoms with E-state index >= 15 is 0 Å². The first-order valence-electron chi connectivity index (χ1n) is 14.2. The molecule has 6 rings (SSSR count). The number of amides is 1. The lowest BCUT2D eigenvalue weighted by Gasteiger charge is -2.37. The number of hydrogen-bond acceptors (Lipinski definition) is 5. The molecule has 3 aromatic rings. The topological polar surface area (TPSA) is 89.4 Å². The highest BCUT2D eigenvalue weighted by Crippen LogP contribution is 2.32. The summed E-state index contributed by atoms with van der Waals surface area (Å²) in [5.74, 6) is -1.81. The van der Waals surface area contributed by atoms with Gasteiger partial charge in [0.25, 0.3) is 0 Å². The second-order valence-electron chi connectivity index (χ2n) is 11.2. The average Bonchev–Trinajstić information content (AvgIpc) is 3.25. The summed E-state index contributed by atoms with van der Waals surface area (Å²) >= 11 is 0. The zero-order valence-electron chi connectivity index (χ0n) is 22.7. The van der Waals surface area contributed by atoms with Crippen LogP contribution in [0.5, 0.6) is 0 Å². The Kier molecular flexibility index (Phi) is 7.46. The summed E-state index contributed by atoms with van der Waals surface area (Å²) in [4.78, 5) is 35.3. The molecule has 11 heteroatoms. The van der Waals surface area contributed by atoms with Crippen LogP contribution in [-0.4, -0.2) is 56.0 Å². The summed E-state index contributed by atoms with van der Waals surface area (Å²) < 4.78 is 44.9. The Hall–Kier alpha value is -3.86. The highest BCUT2D eigenvalue weighted by Gasteiger charge is 2.34. The Balaban J connectivity index is 1.13. The van der Waals surface area contributed by atoms with Gasteiger partial charge in [0.05, 0.1) is 11.4 Å². The molecule has 8 nitrogen and oxygen atoms in total. The number of hydrogen-bond donors (Lipinski definition) is 1. The van der Waals surface area contributed by atoms with Gasteiger partial charge in [0, 0.05) is 56.0 Å². The normalized spacial score (nSPS) is 18.8. The number of nitrogen functional groups attached to an aromatic ring is 1. The number of nitrogens with zero attached hydrogens (tertiary/aromatic N) is 5. The number of nitrogens with two attached hydrogens (primary N) is 1. The summed E-state index contributed by atoms with van der Waals surface area (Å²) in [5, 5.41) is 0. The lowest BCUT2D eigenvalue weighted by molar-refractivity contribution is -0.138. The van der Waals surface area contributed by atoms with Crippen LogP contribution in [0, 0.1) is 17.6 Å². The average molecular weight is 567 g/mol. The van der Waals surface area contributed by atoms with E-state index in [4.69, 9.17) is 5.73 Å². The second kappa shape index (κ2) is 11.2. The molecule has 0 spiro atoms. The van der Waals surface area contributed by atoms with E-state index in [1.165, 1.54) is 16.7 Å². The van der Waals surface area contributed by atoms with Crippen molar-refractivity contribution >= 4 is 17.8 Å². The predicted octanol–water partition coefficient (Wildman–Crippen LogP) is 4.23. The minimum absolute atomic E-state index is 0.0247. The van der Waals surface area contributed by atoms with Crippen molar-refractivity contribution in [2.75, 3.05) is 31.9 Å². The van der Waals surface area contributed by atoms with E-state index in [-0.39, 0.29) is 35.8 Å². The largest absolute Gasteiger partial charge is 0.384 e. The van der Waals surface area contributed by atoms with Gasteiger partial charge in [-0.05, 0) is 81.1 Å². The van der Waals surface area contributed by atoms with Crippen LogP contribution in [-0.2, 0) is 17.8 Å². The van der Waals surface area contributed by atoms with Crippen molar-refractivity contribution in [3.8, 4) is 5.69 Å². The highest BCUT2D eigenvalue weighted by atomic mass is 19.2. The molecule has 0 radical (unpaired) electrons. The summed E-state index contributed by atoms with van der Waals surface area (Å²) in [5.41, 5.74) is 7.71. The van der Waals surface area contributed by atoms with Gasteiger partial charge in [-0.3, -0.25) is 18.8 Å². The van der Waals surface area contributed by atoms with Crippen LogP contribution in [0.15, 0.2) is 47.2 Å². The number of carbonyl (C=O) groups excluding carboxylic acids is 1. The lowest BCUT2D eigenvalue weighted by Crippen LogP contribution is -2.46. The molecule has 216 valence electrons. The Morgan fingerprint density at radius 2 is 1.71 bits per heavy atom. The van der Waals surface area contributed by atoms with Crippen LogP contribution in [0.2, 0.25) is 0 Å². The van der Waals surface area contributed by atoms with Crippen molar-refractivity contribution in [3.05, 3.63) is 81.4 Å². The fraction of sp³-hybridized carbons (Fsp3) is 0.433. The van der Waals surface area contributed by atoms with Gasteiger partial charge in [0.2, 0.25) is 5.91 Å². The molecule has 0 atom stereocenters. The molecule has 0 saturated carbocycles. The molecule has 1 amide bonds. The van der Waals surface area contributed by atoms with Gasteiger partial charge in [-0.1, -0.05) is 0 Å². The zero-order valence-corrected chi connectivity index (χ0v) is 22.7. The van der Waals surface area contributed by atoms with Crippen LogP contribution in [0.25, 0.3) is 11.8 Å². The molecule has 2 saturated heterocycles. The number of rotatable bonds is 5. The number of pyridine rings is 1. The summed E-state index contributed by atoms with van der Waals surface area (Å²) in [6.07, 6.45) is 6.31. The van der Waals surface area contributed by atoms with Gasteiger partial charge in [-0.25, -0.2) is 22.9 Å². The first kappa shape index (κ1) is 27.3. The smallest absolute Gasteiger partial charge is 0.333 e. The van der Waals surface area contributed by atoms with Crippen molar-refractivity contribution in [1.29, 1.82) is 0 Å². The van der Waals surface area contributed by atoms with Crippen LogP contribution in [0.1, 0.15) is 55.1 Å². The number of aromatic nitrogens is 3. The van der Waals surface area contributed by atoms with Crippen LogP contribution in [0.3, 0.4) is 0 Å². The molecule has 1 aromatic carbocycles.